The molecule has 6 N–H and O–H groups in total. The molecule has 1 fully saturated rings. The van der Waals surface area contributed by atoms with Crippen molar-refractivity contribution in [1.82, 2.24) is 9.55 Å². The minimum absolute atomic E-state index is 0.269. The van der Waals surface area contributed by atoms with Crippen molar-refractivity contribution >= 4 is 20.0 Å². The zero-order chi connectivity index (χ0) is 20.1. The average molecular weight is 390 g/mol. The lowest BCUT2D eigenvalue weighted by Crippen LogP contribution is -2.42. The molecule has 24 heavy (non-hydrogen) atoms. The molecule has 1 aromatic rings. The number of phosphoric acid groups is 1. The van der Waals surface area contributed by atoms with E-state index in [1.807, 2.05) is 0 Å². The Kier molecular flexibility index (Phi) is 4.60. The molecule has 2 heterocycles. The second-order valence-electron chi connectivity index (χ2n) is 4.75. The van der Waals surface area contributed by atoms with Crippen molar-refractivity contribution in [2.45, 2.75) is 30.9 Å². The summed E-state index contributed by atoms with van der Waals surface area (Å²) in [5.74, 6) is -3.91. The third-order valence-electron chi connectivity index (χ3n) is 3.08. The zero-order valence-corrected chi connectivity index (χ0v) is 13.3. The molecule has 136 valence electrons. The molecule has 11 nitrogen and oxygen atoms in total. The number of aromatic nitrogens is 2. The number of halogens is 1. The van der Waals surface area contributed by atoms with Crippen LogP contribution in [-0.4, -0.2) is 59.3 Å². The van der Waals surface area contributed by atoms with Crippen molar-refractivity contribution in [2.24, 2.45) is 0 Å². The second-order valence-corrected chi connectivity index (χ2v) is 6.30. The molecule has 1 aromatic heterocycles. The lowest BCUT2D eigenvalue weighted by molar-refractivity contribution is -0.204. The van der Waals surface area contributed by atoms with Crippen LogP contribution in [0.2, 0.25) is 0 Å². The van der Waals surface area contributed by atoms with E-state index < -0.39 is 55.6 Å². The van der Waals surface area contributed by atoms with Crippen LogP contribution in [0, 0.1) is 4.77 Å². The van der Waals surface area contributed by atoms with Gasteiger partial charge in [-0.1, -0.05) is 0 Å². The molecule has 0 aliphatic carbocycles. The fourth-order valence-corrected chi connectivity index (χ4v) is 2.44. The summed E-state index contributed by atoms with van der Waals surface area (Å²) in [5.41, 5.74) is -1.05. The van der Waals surface area contributed by atoms with Gasteiger partial charge in [0.2, 0.25) is 0 Å². The van der Waals surface area contributed by atoms with Crippen molar-refractivity contribution < 1.29 is 46.1 Å². The molecular weight excluding hydrogens is 374 g/mol. The monoisotopic (exact) mass is 390 g/mol. The van der Waals surface area contributed by atoms with Crippen molar-refractivity contribution in [2.75, 3.05) is 6.56 Å². The van der Waals surface area contributed by atoms with E-state index in [2.05, 4.69) is 14.2 Å². The van der Waals surface area contributed by atoms with E-state index in [4.69, 9.17) is 29.9 Å². The molecule has 0 amide bonds. The Labute approximate surface area is 141 Å². The van der Waals surface area contributed by atoms with Gasteiger partial charge < -0.3 is 29.8 Å². The number of aliphatic hydroxyl groups is 3. The summed E-state index contributed by atoms with van der Waals surface area (Å²) in [6, 6.07) is 0. The highest BCUT2D eigenvalue weighted by molar-refractivity contribution is 7.71. The van der Waals surface area contributed by atoms with Gasteiger partial charge in [-0.05, 0) is 12.2 Å². The number of hydrogen-bond acceptors (Lipinski definition) is 8. The number of aliphatic hydroxyl groups excluding tert-OH is 3. The Hall–Kier alpha value is -1.02. The summed E-state index contributed by atoms with van der Waals surface area (Å²) in [5, 5.41) is 29.0. The molecule has 0 saturated carbocycles. The Balaban J connectivity index is 2.49. The van der Waals surface area contributed by atoms with Gasteiger partial charge in [0.25, 0.3) is 11.4 Å². The summed E-state index contributed by atoms with van der Waals surface area (Å²) in [4.78, 5) is 31.0. The van der Waals surface area contributed by atoms with Crippen LogP contribution in [0.1, 0.15) is 14.5 Å². The van der Waals surface area contributed by atoms with E-state index in [0.717, 1.165) is 10.8 Å². The number of H-pyrrole nitrogens is 1. The number of nitrogens with one attached hydrogen (secondary N) is 1. The standard InChI is InChI=1S/C10H14FN2O9PS/c11-10(3-21-23(18,19)20)6(16)5(15)8(22-10)13-1-4(2-14)7(17)12-9(13)24/h1,5-6,8,14-16H,2-3H2,(H,12,17,24)(H2,18,19,20)/t5-,6+,8-,10-/m1/s1/i3D2. The van der Waals surface area contributed by atoms with Crippen molar-refractivity contribution in [3.05, 3.63) is 26.9 Å². The van der Waals surface area contributed by atoms with Gasteiger partial charge in [-0.15, -0.1) is 0 Å². The van der Waals surface area contributed by atoms with Crippen LogP contribution in [0.15, 0.2) is 11.0 Å². The van der Waals surface area contributed by atoms with Crippen LogP contribution >= 0.6 is 20.0 Å². The number of aromatic amines is 1. The molecule has 1 aliphatic rings. The first kappa shape index (κ1) is 16.4. The predicted octanol–water partition coefficient (Wildman–Crippen LogP) is -1.58. The average Bonchev–Trinajstić information content (AvgIpc) is 2.71. The minimum Gasteiger partial charge on any atom is -0.391 e. The number of ether oxygens (including phenoxy) is 1. The van der Waals surface area contributed by atoms with E-state index in [1.54, 1.807) is 0 Å². The molecule has 1 saturated heterocycles. The molecular formula is C10H14FN2O9PS. The van der Waals surface area contributed by atoms with Gasteiger partial charge in [-0.2, -0.15) is 0 Å². The van der Waals surface area contributed by atoms with Crippen LogP contribution in [0.25, 0.3) is 0 Å². The maximum Gasteiger partial charge on any atom is 0.469 e. The summed E-state index contributed by atoms with van der Waals surface area (Å²) in [6.07, 6.45) is -5.87. The van der Waals surface area contributed by atoms with E-state index in [9.17, 15) is 24.0 Å². The molecule has 0 unspecified atom stereocenters. The highest BCUT2D eigenvalue weighted by Crippen LogP contribution is 2.43. The normalized spacial score (nSPS) is 32.5. The maximum absolute atomic E-state index is 14.9. The minimum atomic E-state index is -5.54. The SMILES string of the molecule is [2H]C([2H])(OP(=O)(O)O)[C@@]1(F)O[C@@H](n2cc(CO)c(=O)[nH]c2=S)[C@H](O)[C@@H]1O. The highest BCUT2D eigenvalue weighted by Gasteiger charge is 2.57. The second kappa shape index (κ2) is 6.71. The zero-order valence-electron chi connectivity index (χ0n) is 13.6. The molecule has 1 aliphatic heterocycles. The van der Waals surface area contributed by atoms with Crippen molar-refractivity contribution in [3.8, 4) is 0 Å². The number of rotatable bonds is 5. The van der Waals surface area contributed by atoms with E-state index in [-0.39, 0.29) is 5.56 Å². The Morgan fingerprint density at radius 3 is 2.75 bits per heavy atom. The van der Waals surface area contributed by atoms with Gasteiger partial charge in [-0.3, -0.25) is 18.9 Å². The van der Waals surface area contributed by atoms with Crippen molar-refractivity contribution in [1.29, 1.82) is 0 Å². The lowest BCUT2D eigenvalue weighted by Gasteiger charge is -2.23. The largest absolute Gasteiger partial charge is 0.469 e. The van der Waals surface area contributed by atoms with Crippen LogP contribution < -0.4 is 5.56 Å². The third-order valence-corrected chi connectivity index (χ3v) is 3.72. The Bertz CT molecular complexity index is 860. The topological polar surface area (TPSA) is 174 Å². The number of alkyl halides is 1. The van der Waals surface area contributed by atoms with Gasteiger partial charge in [0.1, 0.15) is 18.8 Å². The Morgan fingerprint density at radius 1 is 1.58 bits per heavy atom. The third kappa shape index (κ3) is 3.79. The molecule has 4 atom stereocenters. The van der Waals surface area contributed by atoms with Gasteiger partial charge in [0.15, 0.2) is 11.0 Å². The molecule has 14 heteroatoms. The first-order valence-electron chi connectivity index (χ1n) is 7.18. The fraction of sp³-hybridized carbons (Fsp3) is 0.600. The lowest BCUT2D eigenvalue weighted by atomic mass is 10.1. The van der Waals surface area contributed by atoms with E-state index in [0.29, 0.717) is 0 Å². The molecule has 0 bridgehead atoms. The summed E-state index contributed by atoms with van der Waals surface area (Å²) in [6.45, 7) is -4.65. The number of phosphoric ester groups is 1. The number of nitrogens with zero attached hydrogens (tertiary/aromatic N) is 1. The van der Waals surface area contributed by atoms with Crippen LogP contribution in [0.5, 0.6) is 0 Å². The number of hydrogen-bond donors (Lipinski definition) is 6. The molecule has 2 rings (SSSR count). The van der Waals surface area contributed by atoms with Gasteiger partial charge in [0.05, 0.1) is 14.9 Å². The quantitative estimate of drug-likeness (QED) is 0.254. The fourth-order valence-electron chi connectivity index (χ4n) is 1.95. The molecule has 0 aromatic carbocycles. The summed E-state index contributed by atoms with van der Waals surface area (Å²) in [7, 11) is -5.54. The van der Waals surface area contributed by atoms with Gasteiger partial charge >= 0.3 is 7.82 Å². The summed E-state index contributed by atoms with van der Waals surface area (Å²) >= 11 is 4.81. The van der Waals surface area contributed by atoms with Crippen LogP contribution in [0.3, 0.4) is 0 Å². The van der Waals surface area contributed by atoms with E-state index >= 15 is 0 Å². The predicted molar refractivity (Wildman–Crippen MR) is 75.8 cm³/mol. The van der Waals surface area contributed by atoms with Crippen LogP contribution in [0.4, 0.5) is 4.39 Å². The molecule has 0 spiro atoms. The molecule has 0 radical (unpaired) electrons. The first-order chi connectivity index (χ1) is 11.7. The smallest absolute Gasteiger partial charge is 0.391 e. The Morgan fingerprint density at radius 2 is 2.21 bits per heavy atom. The maximum atomic E-state index is 14.9. The van der Waals surface area contributed by atoms with Gasteiger partial charge in [0, 0.05) is 6.20 Å². The van der Waals surface area contributed by atoms with E-state index in [1.165, 1.54) is 0 Å². The summed E-state index contributed by atoms with van der Waals surface area (Å²) < 4.78 is 49.2. The highest BCUT2D eigenvalue weighted by atomic mass is 32.1. The van der Waals surface area contributed by atoms with Gasteiger partial charge in [-0.25, -0.2) is 8.96 Å². The first-order valence-corrected chi connectivity index (χ1v) is 8.12. The van der Waals surface area contributed by atoms with Crippen molar-refractivity contribution in [3.63, 3.8) is 0 Å². The van der Waals surface area contributed by atoms with Crippen LogP contribution in [-0.2, 0) is 20.4 Å².